The standard InChI is InChI=1S/C10H8F2O3/c11-10(12)14-7-3-1-2-6(8(7)15-10)9(13)4-5-9/h1-3,13H,4-5H2. The number of benzene rings is 1. The lowest BCUT2D eigenvalue weighted by Gasteiger charge is -2.10. The number of hydrogen-bond donors (Lipinski definition) is 1. The number of rotatable bonds is 1. The van der Waals surface area contributed by atoms with E-state index in [1.807, 2.05) is 0 Å². The van der Waals surface area contributed by atoms with Crippen LogP contribution in [0.4, 0.5) is 8.78 Å². The van der Waals surface area contributed by atoms with Crippen molar-refractivity contribution < 1.29 is 23.4 Å². The van der Waals surface area contributed by atoms with Crippen LogP contribution in [0.2, 0.25) is 0 Å². The SMILES string of the molecule is OC1(c2cccc3c2OC(F)(F)O3)CC1. The zero-order valence-electron chi connectivity index (χ0n) is 7.67. The van der Waals surface area contributed by atoms with E-state index in [0.717, 1.165) is 0 Å². The third kappa shape index (κ3) is 1.26. The van der Waals surface area contributed by atoms with Gasteiger partial charge in [0.05, 0.1) is 5.60 Å². The fourth-order valence-corrected chi connectivity index (χ4v) is 1.72. The number of aliphatic hydroxyl groups is 1. The molecule has 0 atom stereocenters. The van der Waals surface area contributed by atoms with E-state index in [2.05, 4.69) is 9.47 Å². The Labute approximate surface area is 84.2 Å². The molecule has 1 aromatic rings. The van der Waals surface area contributed by atoms with E-state index in [1.165, 1.54) is 6.07 Å². The van der Waals surface area contributed by atoms with Crippen molar-refractivity contribution in [1.82, 2.24) is 0 Å². The van der Waals surface area contributed by atoms with Gasteiger partial charge in [-0.15, -0.1) is 8.78 Å². The van der Waals surface area contributed by atoms with Crippen LogP contribution in [0.5, 0.6) is 11.5 Å². The number of para-hydroxylation sites is 1. The van der Waals surface area contributed by atoms with Gasteiger partial charge in [-0.2, -0.15) is 0 Å². The van der Waals surface area contributed by atoms with Crippen molar-refractivity contribution in [2.75, 3.05) is 0 Å². The largest absolute Gasteiger partial charge is 0.586 e. The van der Waals surface area contributed by atoms with Gasteiger partial charge in [-0.1, -0.05) is 12.1 Å². The lowest BCUT2D eigenvalue weighted by Crippen LogP contribution is -2.26. The molecule has 0 radical (unpaired) electrons. The summed E-state index contributed by atoms with van der Waals surface area (Å²) in [5, 5.41) is 9.85. The maximum Gasteiger partial charge on any atom is 0.586 e. The number of hydrogen-bond acceptors (Lipinski definition) is 3. The molecule has 0 amide bonds. The monoisotopic (exact) mass is 214 g/mol. The molecule has 1 fully saturated rings. The van der Waals surface area contributed by atoms with Crippen LogP contribution in [0.15, 0.2) is 18.2 Å². The quantitative estimate of drug-likeness (QED) is 0.776. The molecule has 3 rings (SSSR count). The Bertz CT molecular complexity index is 427. The first-order valence-corrected chi connectivity index (χ1v) is 4.62. The van der Waals surface area contributed by atoms with Crippen LogP contribution < -0.4 is 9.47 Å². The third-order valence-electron chi connectivity index (χ3n) is 2.65. The predicted octanol–water partition coefficient (Wildman–Crippen LogP) is 1.99. The first-order valence-electron chi connectivity index (χ1n) is 4.62. The average molecular weight is 214 g/mol. The number of halogens is 2. The first kappa shape index (κ1) is 8.91. The summed E-state index contributed by atoms with van der Waals surface area (Å²) in [7, 11) is 0. The number of fused-ring (bicyclic) bond motifs is 1. The van der Waals surface area contributed by atoms with Crippen LogP contribution in [-0.4, -0.2) is 11.4 Å². The Morgan fingerprint density at radius 2 is 1.93 bits per heavy atom. The van der Waals surface area contributed by atoms with Gasteiger partial charge in [-0.05, 0) is 18.9 Å². The highest BCUT2D eigenvalue weighted by molar-refractivity contribution is 5.52. The molecule has 0 saturated heterocycles. The molecule has 80 valence electrons. The Morgan fingerprint density at radius 3 is 2.60 bits per heavy atom. The molecule has 0 unspecified atom stereocenters. The second-order valence-corrected chi connectivity index (χ2v) is 3.83. The van der Waals surface area contributed by atoms with Gasteiger partial charge >= 0.3 is 6.29 Å². The van der Waals surface area contributed by atoms with Crippen LogP contribution in [0.3, 0.4) is 0 Å². The van der Waals surface area contributed by atoms with Crippen molar-refractivity contribution in [3.8, 4) is 11.5 Å². The highest BCUT2D eigenvalue weighted by Crippen LogP contribution is 2.54. The van der Waals surface area contributed by atoms with Crippen molar-refractivity contribution in [1.29, 1.82) is 0 Å². The van der Waals surface area contributed by atoms with Crippen LogP contribution in [0.1, 0.15) is 18.4 Å². The molecule has 1 heterocycles. The lowest BCUT2D eigenvalue weighted by molar-refractivity contribution is -0.287. The highest BCUT2D eigenvalue weighted by atomic mass is 19.3. The van der Waals surface area contributed by atoms with Crippen molar-refractivity contribution >= 4 is 0 Å². The Balaban J connectivity index is 2.10. The summed E-state index contributed by atoms with van der Waals surface area (Å²) in [6.07, 6.45) is -2.49. The van der Waals surface area contributed by atoms with E-state index in [4.69, 9.17) is 0 Å². The fourth-order valence-electron chi connectivity index (χ4n) is 1.72. The van der Waals surface area contributed by atoms with E-state index < -0.39 is 11.9 Å². The normalized spacial score (nSPS) is 23.9. The average Bonchev–Trinajstić information content (AvgIpc) is 2.78. The van der Waals surface area contributed by atoms with Crippen LogP contribution >= 0.6 is 0 Å². The summed E-state index contributed by atoms with van der Waals surface area (Å²) >= 11 is 0. The molecular weight excluding hydrogens is 206 g/mol. The van der Waals surface area contributed by atoms with Crippen molar-refractivity contribution in [2.45, 2.75) is 24.7 Å². The smallest absolute Gasteiger partial charge is 0.395 e. The van der Waals surface area contributed by atoms with Crippen LogP contribution in [0, 0.1) is 0 Å². The maximum absolute atomic E-state index is 12.8. The minimum Gasteiger partial charge on any atom is -0.395 e. The first-order chi connectivity index (χ1) is 7.00. The molecule has 0 aromatic heterocycles. The van der Waals surface area contributed by atoms with Crippen molar-refractivity contribution in [2.24, 2.45) is 0 Å². The van der Waals surface area contributed by atoms with Crippen molar-refractivity contribution in [3.63, 3.8) is 0 Å². The van der Waals surface area contributed by atoms with Gasteiger partial charge in [0.25, 0.3) is 0 Å². The number of ether oxygens (including phenoxy) is 2. The summed E-state index contributed by atoms with van der Waals surface area (Å²) in [6.45, 7) is 0. The molecule has 1 aliphatic carbocycles. The molecule has 0 spiro atoms. The van der Waals surface area contributed by atoms with E-state index in [1.54, 1.807) is 12.1 Å². The second-order valence-electron chi connectivity index (χ2n) is 3.83. The molecule has 1 N–H and O–H groups in total. The molecule has 1 aromatic carbocycles. The number of alkyl halides is 2. The van der Waals surface area contributed by atoms with Gasteiger partial charge in [0.1, 0.15) is 0 Å². The highest BCUT2D eigenvalue weighted by Gasteiger charge is 2.50. The molecule has 3 nitrogen and oxygen atoms in total. The maximum atomic E-state index is 12.8. The minimum absolute atomic E-state index is 0.0159. The Morgan fingerprint density at radius 1 is 1.20 bits per heavy atom. The topological polar surface area (TPSA) is 38.7 Å². The molecule has 0 bridgehead atoms. The molecular formula is C10H8F2O3. The van der Waals surface area contributed by atoms with Gasteiger partial charge < -0.3 is 14.6 Å². The van der Waals surface area contributed by atoms with E-state index >= 15 is 0 Å². The summed E-state index contributed by atoms with van der Waals surface area (Å²) in [6, 6.07) is 4.54. The summed E-state index contributed by atoms with van der Waals surface area (Å²) in [4.78, 5) is 0. The van der Waals surface area contributed by atoms with Crippen LogP contribution in [-0.2, 0) is 5.60 Å². The minimum atomic E-state index is -3.62. The lowest BCUT2D eigenvalue weighted by atomic mass is 10.1. The zero-order valence-corrected chi connectivity index (χ0v) is 7.67. The van der Waals surface area contributed by atoms with Gasteiger partial charge in [-0.3, -0.25) is 0 Å². The van der Waals surface area contributed by atoms with Crippen molar-refractivity contribution in [3.05, 3.63) is 23.8 Å². The Kier molecular flexibility index (Phi) is 1.43. The fraction of sp³-hybridized carbons (Fsp3) is 0.400. The molecule has 2 aliphatic rings. The van der Waals surface area contributed by atoms with E-state index in [-0.39, 0.29) is 11.5 Å². The summed E-state index contributed by atoms with van der Waals surface area (Å²) in [5.74, 6) is -0.0553. The molecule has 5 heteroatoms. The van der Waals surface area contributed by atoms with E-state index in [0.29, 0.717) is 18.4 Å². The molecule has 15 heavy (non-hydrogen) atoms. The predicted molar refractivity (Wildman–Crippen MR) is 45.8 cm³/mol. The molecule has 1 saturated carbocycles. The third-order valence-corrected chi connectivity index (χ3v) is 2.65. The van der Waals surface area contributed by atoms with Crippen LogP contribution in [0.25, 0.3) is 0 Å². The Hall–Kier alpha value is -1.36. The summed E-state index contributed by atoms with van der Waals surface area (Å²) < 4.78 is 34.3. The second kappa shape index (κ2) is 2.41. The molecule has 1 aliphatic heterocycles. The van der Waals surface area contributed by atoms with E-state index in [9.17, 15) is 13.9 Å². The zero-order chi connectivity index (χ0) is 10.7. The van der Waals surface area contributed by atoms with Gasteiger partial charge in [0.15, 0.2) is 11.5 Å². The van der Waals surface area contributed by atoms with Gasteiger partial charge in [0.2, 0.25) is 0 Å². The summed E-state index contributed by atoms with van der Waals surface area (Å²) in [5.41, 5.74) is -0.619. The van der Waals surface area contributed by atoms with Gasteiger partial charge in [0, 0.05) is 5.56 Å². The van der Waals surface area contributed by atoms with Gasteiger partial charge in [-0.25, -0.2) is 0 Å².